The zero-order valence-corrected chi connectivity index (χ0v) is 11.4. The summed E-state index contributed by atoms with van der Waals surface area (Å²) in [6, 6.07) is 10.2. The van der Waals surface area contributed by atoms with Gasteiger partial charge in [0.1, 0.15) is 11.6 Å². The standard InChI is InChI=1S/C15H20N4/c1-11(2)9-12-3-5-13(6-4-12)18-10-15-17-8-7-14(16)19-15/h3-8,11,18H,9-10H2,1-2H3,(H2,16,17,19). The summed E-state index contributed by atoms with van der Waals surface area (Å²) < 4.78 is 0. The Kier molecular flexibility index (Phi) is 4.34. The van der Waals surface area contributed by atoms with Crippen molar-refractivity contribution in [2.24, 2.45) is 5.92 Å². The zero-order valence-electron chi connectivity index (χ0n) is 11.4. The van der Waals surface area contributed by atoms with Crippen molar-refractivity contribution >= 4 is 11.5 Å². The summed E-state index contributed by atoms with van der Waals surface area (Å²) in [4.78, 5) is 8.31. The largest absolute Gasteiger partial charge is 0.384 e. The molecule has 2 rings (SSSR count). The summed E-state index contributed by atoms with van der Waals surface area (Å²) in [7, 11) is 0. The van der Waals surface area contributed by atoms with E-state index in [2.05, 4.69) is 53.4 Å². The van der Waals surface area contributed by atoms with Crippen molar-refractivity contribution in [3.8, 4) is 0 Å². The molecule has 19 heavy (non-hydrogen) atoms. The summed E-state index contributed by atoms with van der Waals surface area (Å²) in [6.07, 6.45) is 2.78. The van der Waals surface area contributed by atoms with Crippen LogP contribution in [0.15, 0.2) is 36.5 Å². The summed E-state index contributed by atoms with van der Waals surface area (Å²) in [5.41, 5.74) is 8.04. The van der Waals surface area contributed by atoms with Crippen LogP contribution in [-0.2, 0) is 13.0 Å². The lowest BCUT2D eigenvalue weighted by Crippen LogP contribution is -2.05. The minimum Gasteiger partial charge on any atom is -0.384 e. The minimum absolute atomic E-state index is 0.499. The molecule has 0 fully saturated rings. The number of nitrogens with one attached hydrogen (secondary N) is 1. The number of nitrogen functional groups attached to an aromatic ring is 1. The van der Waals surface area contributed by atoms with E-state index in [0.29, 0.717) is 24.1 Å². The molecule has 0 spiro atoms. The molecule has 0 amide bonds. The van der Waals surface area contributed by atoms with Crippen molar-refractivity contribution < 1.29 is 0 Å². The molecule has 1 heterocycles. The first-order valence-corrected chi connectivity index (χ1v) is 6.53. The first kappa shape index (κ1) is 13.3. The van der Waals surface area contributed by atoms with Crippen molar-refractivity contribution in [3.63, 3.8) is 0 Å². The van der Waals surface area contributed by atoms with E-state index in [0.717, 1.165) is 12.1 Å². The number of nitrogens with zero attached hydrogens (tertiary/aromatic N) is 2. The second-order valence-corrected chi connectivity index (χ2v) is 5.05. The Morgan fingerprint density at radius 3 is 2.53 bits per heavy atom. The van der Waals surface area contributed by atoms with E-state index in [1.54, 1.807) is 12.3 Å². The number of hydrogen-bond donors (Lipinski definition) is 2. The summed E-state index contributed by atoms with van der Waals surface area (Å²) in [5, 5.41) is 3.29. The molecule has 0 aliphatic heterocycles. The molecule has 1 aromatic heterocycles. The summed E-state index contributed by atoms with van der Waals surface area (Å²) >= 11 is 0. The van der Waals surface area contributed by atoms with Gasteiger partial charge in [-0.1, -0.05) is 26.0 Å². The van der Waals surface area contributed by atoms with Crippen LogP contribution in [0.3, 0.4) is 0 Å². The second kappa shape index (κ2) is 6.18. The second-order valence-electron chi connectivity index (χ2n) is 5.05. The van der Waals surface area contributed by atoms with Crippen molar-refractivity contribution in [1.82, 2.24) is 9.97 Å². The van der Waals surface area contributed by atoms with Gasteiger partial charge in [-0.05, 0) is 36.1 Å². The van der Waals surface area contributed by atoms with Gasteiger partial charge < -0.3 is 11.1 Å². The molecule has 0 unspecified atom stereocenters. The predicted molar refractivity (Wildman–Crippen MR) is 78.8 cm³/mol. The first-order valence-electron chi connectivity index (χ1n) is 6.53. The van der Waals surface area contributed by atoms with Crippen LogP contribution in [0, 0.1) is 5.92 Å². The smallest absolute Gasteiger partial charge is 0.149 e. The number of hydrogen-bond acceptors (Lipinski definition) is 4. The van der Waals surface area contributed by atoms with Gasteiger partial charge in [-0.3, -0.25) is 0 Å². The average Bonchev–Trinajstić information content (AvgIpc) is 2.37. The number of nitrogens with two attached hydrogens (primary N) is 1. The Labute approximate surface area is 114 Å². The third-order valence-electron chi connectivity index (χ3n) is 2.78. The molecule has 4 nitrogen and oxygen atoms in total. The molecule has 0 aliphatic rings. The van der Waals surface area contributed by atoms with Crippen LogP contribution in [0.5, 0.6) is 0 Å². The van der Waals surface area contributed by atoms with Gasteiger partial charge in [0.25, 0.3) is 0 Å². The molecule has 100 valence electrons. The molecule has 0 atom stereocenters. The van der Waals surface area contributed by atoms with Crippen LogP contribution >= 0.6 is 0 Å². The Morgan fingerprint density at radius 2 is 1.89 bits per heavy atom. The molecule has 2 aromatic rings. The highest BCUT2D eigenvalue weighted by Gasteiger charge is 2.00. The highest BCUT2D eigenvalue weighted by Crippen LogP contribution is 2.13. The van der Waals surface area contributed by atoms with Gasteiger partial charge in [0.05, 0.1) is 6.54 Å². The Morgan fingerprint density at radius 1 is 1.16 bits per heavy atom. The average molecular weight is 256 g/mol. The fourth-order valence-electron chi connectivity index (χ4n) is 1.91. The molecule has 0 aliphatic carbocycles. The van der Waals surface area contributed by atoms with Crippen LogP contribution in [0.1, 0.15) is 25.2 Å². The van der Waals surface area contributed by atoms with Gasteiger partial charge in [0.2, 0.25) is 0 Å². The van der Waals surface area contributed by atoms with Gasteiger partial charge in [0.15, 0.2) is 0 Å². The molecule has 0 saturated heterocycles. The molecule has 0 bridgehead atoms. The van der Waals surface area contributed by atoms with Crippen molar-refractivity contribution in [2.75, 3.05) is 11.1 Å². The van der Waals surface area contributed by atoms with Gasteiger partial charge >= 0.3 is 0 Å². The van der Waals surface area contributed by atoms with Gasteiger partial charge in [-0.25, -0.2) is 9.97 Å². The molecule has 0 saturated carbocycles. The van der Waals surface area contributed by atoms with Crippen LogP contribution in [-0.4, -0.2) is 9.97 Å². The summed E-state index contributed by atoms with van der Waals surface area (Å²) in [5.74, 6) is 1.88. The highest BCUT2D eigenvalue weighted by molar-refractivity contribution is 5.44. The molecule has 4 heteroatoms. The first-order chi connectivity index (χ1) is 9.13. The van der Waals surface area contributed by atoms with Crippen LogP contribution in [0.25, 0.3) is 0 Å². The molecular weight excluding hydrogens is 236 g/mol. The normalized spacial score (nSPS) is 10.7. The van der Waals surface area contributed by atoms with E-state index >= 15 is 0 Å². The van der Waals surface area contributed by atoms with Crippen molar-refractivity contribution in [3.05, 3.63) is 47.9 Å². The van der Waals surface area contributed by atoms with E-state index < -0.39 is 0 Å². The van der Waals surface area contributed by atoms with Gasteiger partial charge in [0, 0.05) is 11.9 Å². The number of benzene rings is 1. The Bertz CT molecular complexity index is 520. The van der Waals surface area contributed by atoms with Crippen molar-refractivity contribution in [1.29, 1.82) is 0 Å². The highest BCUT2D eigenvalue weighted by atomic mass is 15.0. The van der Waals surface area contributed by atoms with Gasteiger partial charge in [-0.15, -0.1) is 0 Å². The number of rotatable bonds is 5. The van der Waals surface area contributed by atoms with E-state index in [4.69, 9.17) is 5.73 Å². The Hall–Kier alpha value is -2.10. The van der Waals surface area contributed by atoms with Crippen LogP contribution in [0.4, 0.5) is 11.5 Å². The maximum atomic E-state index is 5.61. The van der Waals surface area contributed by atoms with Crippen molar-refractivity contribution in [2.45, 2.75) is 26.8 Å². The summed E-state index contributed by atoms with van der Waals surface area (Å²) in [6.45, 7) is 5.03. The third-order valence-corrected chi connectivity index (χ3v) is 2.78. The van der Waals surface area contributed by atoms with Crippen LogP contribution < -0.4 is 11.1 Å². The predicted octanol–water partition coefficient (Wildman–Crippen LogP) is 2.87. The SMILES string of the molecule is CC(C)Cc1ccc(NCc2nccc(N)n2)cc1. The van der Waals surface area contributed by atoms with E-state index in [-0.39, 0.29) is 0 Å². The van der Waals surface area contributed by atoms with Gasteiger partial charge in [-0.2, -0.15) is 0 Å². The van der Waals surface area contributed by atoms with Crippen LogP contribution in [0.2, 0.25) is 0 Å². The maximum Gasteiger partial charge on any atom is 0.149 e. The number of aromatic nitrogens is 2. The minimum atomic E-state index is 0.499. The van der Waals surface area contributed by atoms with E-state index in [9.17, 15) is 0 Å². The fraction of sp³-hybridized carbons (Fsp3) is 0.333. The fourth-order valence-corrected chi connectivity index (χ4v) is 1.91. The lowest BCUT2D eigenvalue weighted by Gasteiger charge is -2.08. The van der Waals surface area contributed by atoms with E-state index in [1.165, 1.54) is 5.56 Å². The monoisotopic (exact) mass is 256 g/mol. The number of anilines is 2. The van der Waals surface area contributed by atoms with E-state index in [1.807, 2.05) is 0 Å². The lowest BCUT2D eigenvalue weighted by molar-refractivity contribution is 0.647. The topological polar surface area (TPSA) is 63.8 Å². The Balaban J connectivity index is 1.93. The third kappa shape index (κ3) is 4.25. The molecule has 1 aromatic carbocycles. The zero-order chi connectivity index (χ0) is 13.7. The maximum absolute atomic E-state index is 5.61. The molecular formula is C15H20N4. The molecule has 0 radical (unpaired) electrons. The molecule has 3 N–H and O–H groups in total. The quantitative estimate of drug-likeness (QED) is 0.863. The lowest BCUT2D eigenvalue weighted by atomic mass is 10.0.